The fourth-order valence-electron chi connectivity index (χ4n) is 2.56. The number of hydrogen-bond acceptors (Lipinski definition) is 2. The van der Waals surface area contributed by atoms with E-state index in [-0.39, 0.29) is 12.0 Å². The molecule has 0 unspecified atom stereocenters. The Kier molecular flexibility index (Phi) is 4.29. The fraction of sp³-hybridized carbons (Fsp3) is 0.471. The monoisotopic (exact) mass is 272 g/mol. The summed E-state index contributed by atoms with van der Waals surface area (Å²) in [7, 11) is 0. The molecule has 0 aliphatic heterocycles. The Bertz CT molecular complexity index is 570. The van der Waals surface area contributed by atoms with Crippen molar-refractivity contribution in [3.8, 4) is 5.69 Å². The number of para-hydroxylation sites is 1. The van der Waals surface area contributed by atoms with Crippen molar-refractivity contribution in [2.45, 2.75) is 46.0 Å². The molecule has 1 heterocycles. The van der Waals surface area contributed by atoms with Crippen LogP contribution in [0.5, 0.6) is 0 Å². The average molecular weight is 272 g/mol. The van der Waals surface area contributed by atoms with E-state index in [1.807, 2.05) is 36.7 Å². The first-order valence-corrected chi connectivity index (χ1v) is 7.26. The number of benzene rings is 1. The summed E-state index contributed by atoms with van der Waals surface area (Å²) in [6.45, 7) is 8.47. The van der Waals surface area contributed by atoms with Gasteiger partial charge in [0.2, 0.25) is 0 Å². The van der Waals surface area contributed by atoms with Crippen LogP contribution >= 0.6 is 0 Å². The van der Waals surface area contributed by atoms with E-state index in [1.165, 1.54) is 11.3 Å². The lowest BCUT2D eigenvalue weighted by Crippen LogP contribution is -2.24. The highest BCUT2D eigenvalue weighted by molar-refractivity contribution is 5.39. The van der Waals surface area contributed by atoms with Gasteiger partial charge >= 0.3 is 0 Å². The van der Waals surface area contributed by atoms with Crippen LogP contribution in [0.4, 0.5) is 0 Å². The molecule has 0 aliphatic carbocycles. The molecule has 2 aromatic rings. The number of hydrogen-bond donors (Lipinski definition) is 1. The van der Waals surface area contributed by atoms with Gasteiger partial charge in [0.1, 0.15) is 0 Å². The number of aromatic nitrogens is 2. The Labute approximate surface area is 121 Å². The lowest BCUT2D eigenvalue weighted by atomic mass is 9.87. The van der Waals surface area contributed by atoms with Gasteiger partial charge in [-0.25, -0.2) is 4.68 Å². The molecule has 0 bridgehead atoms. The minimum atomic E-state index is -0.313. The molecule has 0 amide bonds. The van der Waals surface area contributed by atoms with Gasteiger partial charge in [-0.05, 0) is 31.0 Å². The van der Waals surface area contributed by atoms with Crippen LogP contribution in [0.2, 0.25) is 0 Å². The first-order chi connectivity index (χ1) is 9.51. The first-order valence-electron chi connectivity index (χ1n) is 7.26. The molecule has 0 saturated heterocycles. The largest absolute Gasteiger partial charge is 0.395 e. The summed E-state index contributed by atoms with van der Waals surface area (Å²) in [4.78, 5) is 0. The molecular formula is C17H24N2O. The molecule has 1 N–H and O–H groups in total. The molecule has 0 spiro atoms. The van der Waals surface area contributed by atoms with Crippen LogP contribution in [0.3, 0.4) is 0 Å². The van der Waals surface area contributed by atoms with E-state index < -0.39 is 0 Å². The molecule has 1 aromatic heterocycles. The second-order valence-electron chi connectivity index (χ2n) is 5.96. The zero-order valence-electron chi connectivity index (χ0n) is 12.8. The van der Waals surface area contributed by atoms with Gasteiger partial charge in [-0.3, -0.25) is 0 Å². The van der Waals surface area contributed by atoms with Crippen LogP contribution in [0, 0.1) is 6.92 Å². The fourth-order valence-corrected chi connectivity index (χ4v) is 2.56. The Hall–Kier alpha value is -1.61. The lowest BCUT2D eigenvalue weighted by molar-refractivity contribution is 0.214. The standard InChI is InChI=1S/C17H24N2O/c1-5-9-15-13(2)16(17(3,4)12-20)18-19(15)14-10-7-6-8-11-14/h6-8,10-11,20H,5,9,12H2,1-4H3. The highest BCUT2D eigenvalue weighted by Gasteiger charge is 2.28. The average Bonchev–Trinajstić information content (AvgIpc) is 2.79. The van der Waals surface area contributed by atoms with Crippen molar-refractivity contribution < 1.29 is 5.11 Å². The number of nitrogens with zero attached hydrogens (tertiary/aromatic N) is 2. The van der Waals surface area contributed by atoms with Crippen molar-refractivity contribution in [2.24, 2.45) is 0 Å². The minimum absolute atomic E-state index is 0.102. The van der Waals surface area contributed by atoms with E-state index in [0.29, 0.717) is 0 Å². The van der Waals surface area contributed by atoms with Crippen LogP contribution in [0.25, 0.3) is 5.69 Å². The maximum absolute atomic E-state index is 9.62. The number of aliphatic hydroxyl groups excluding tert-OH is 1. The van der Waals surface area contributed by atoms with E-state index in [2.05, 4.69) is 26.0 Å². The van der Waals surface area contributed by atoms with E-state index in [9.17, 15) is 5.11 Å². The molecule has 0 atom stereocenters. The summed E-state index contributed by atoms with van der Waals surface area (Å²) in [6.07, 6.45) is 2.08. The summed E-state index contributed by atoms with van der Waals surface area (Å²) in [5.41, 5.74) is 4.21. The van der Waals surface area contributed by atoms with Gasteiger partial charge < -0.3 is 5.11 Å². The van der Waals surface area contributed by atoms with Crippen molar-refractivity contribution >= 4 is 0 Å². The third kappa shape index (κ3) is 2.63. The van der Waals surface area contributed by atoms with Gasteiger partial charge in [-0.1, -0.05) is 45.4 Å². The molecule has 3 heteroatoms. The van der Waals surface area contributed by atoms with Gasteiger partial charge in [0.25, 0.3) is 0 Å². The number of aliphatic hydroxyl groups is 1. The van der Waals surface area contributed by atoms with Crippen LogP contribution in [0.1, 0.15) is 44.1 Å². The van der Waals surface area contributed by atoms with Crippen molar-refractivity contribution in [1.29, 1.82) is 0 Å². The predicted octanol–water partition coefficient (Wildman–Crippen LogP) is 3.40. The van der Waals surface area contributed by atoms with Crippen molar-refractivity contribution in [3.63, 3.8) is 0 Å². The van der Waals surface area contributed by atoms with Gasteiger partial charge in [0.05, 0.1) is 18.0 Å². The second-order valence-corrected chi connectivity index (χ2v) is 5.96. The maximum atomic E-state index is 9.62. The molecule has 0 saturated carbocycles. The van der Waals surface area contributed by atoms with Crippen molar-refractivity contribution in [1.82, 2.24) is 9.78 Å². The van der Waals surface area contributed by atoms with Crippen LogP contribution < -0.4 is 0 Å². The second kappa shape index (κ2) is 5.80. The third-order valence-corrected chi connectivity index (χ3v) is 3.77. The molecular weight excluding hydrogens is 248 g/mol. The van der Waals surface area contributed by atoms with E-state index >= 15 is 0 Å². The molecule has 20 heavy (non-hydrogen) atoms. The molecule has 3 nitrogen and oxygen atoms in total. The third-order valence-electron chi connectivity index (χ3n) is 3.77. The van der Waals surface area contributed by atoms with Gasteiger partial charge in [-0.2, -0.15) is 5.10 Å². The summed E-state index contributed by atoms with van der Waals surface area (Å²) >= 11 is 0. The Morgan fingerprint density at radius 3 is 2.40 bits per heavy atom. The first kappa shape index (κ1) is 14.8. The topological polar surface area (TPSA) is 38.1 Å². The molecule has 0 aliphatic rings. The van der Waals surface area contributed by atoms with E-state index in [0.717, 1.165) is 24.2 Å². The minimum Gasteiger partial charge on any atom is -0.395 e. The zero-order chi connectivity index (χ0) is 14.8. The predicted molar refractivity (Wildman–Crippen MR) is 82.4 cm³/mol. The lowest BCUT2D eigenvalue weighted by Gasteiger charge is -2.19. The van der Waals surface area contributed by atoms with Crippen LogP contribution in [0.15, 0.2) is 30.3 Å². The Morgan fingerprint density at radius 2 is 1.85 bits per heavy atom. The quantitative estimate of drug-likeness (QED) is 0.906. The van der Waals surface area contributed by atoms with Gasteiger partial charge in [0, 0.05) is 11.1 Å². The summed E-state index contributed by atoms with van der Waals surface area (Å²) in [6, 6.07) is 10.2. The summed E-state index contributed by atoms with van der Waals surface area (Å²) < 4.78 is 2.03. The highest BCUT2D eigenvalue weighted by atomic mass is 16.3. The molecule has 108 valence electrons. The van der Waals surface area contributed by atoms with Crippen molar-refractivity contribution in [3.05, 3.63) is 47.3 Å². The summed E-state index contributed by atoms with van der Waals surface area (Å²) in [5.74, 6) is 0. The molecule has 0 radical (unpaired) electrons. The smallest absolute Gasteiger partial charge is 0.0740 e. The molecule has 0 fully saturated rings. The maximum Gasteiger partial charge on any atom is 0.0740 e. The van der Waals surface area contributed by atoms with Gasteiger partial charge in [0.15, 0.2) is 0 Å². The summed E-state index contributed by atoms with van der Waals surface area (Å²) in [5, 5.41) is 14.4. The molecule has 1 aromatic carbocycles. The SMILES string of the molecule is CCCc1c(C)c(C(C)(C)CO)nn1-c1ccccc1. The van der Waals surface area contributed by atoms with Crippen LogP contribution in [-0.4, -0.2) is 21.5 Å². The van der Waals surface area contributed by atoms with Gasteiger partial charge in [-0.15, -0.1) is 0 Å². The Morgan fingerprint density at radius 1 is 1.20 bits per heavy atom. The van der Waals surface area contributed by atoms with Crippen LogP contribution in [-0.2, 0) is 11.8 Å². The van der Waals surface area contributed by atoms with Crippen molar-refractivity contribution in [2.75, 3.05) is 6.61 Å². The van der Waals surface area contributed by atoms with E-state index in [4.69, 9.17) is 5.10 Å². The molecule has 2 rings (SSSR count). The normalized spacial score (nSPS) is 11.8. The Balaban J connectivity index is 2.60. The number of rotatable bonds is 5. The highest BCUT2D eigenvalue weighted by Crippen LogP contribution is 2.29. The zero-order valence-corrected chi connectivity index (χ0v) is 12.8. The van der Waals surface area contributed by atoms with E-state index in [1.54, 1.807) is 0 Å².